The second-order valence-corrected chi connectivity index (χ2v) is 9.59. The summed E-state index contributed by atoms with van der Waals surface area (Å²) in [5.74, 6) is -0.426. The number of nitrogens with one attached hydrogen (secondary N) is 2. The third-order valence-electron chi connectivity index (χ3n) is 6.87. The topological polar surface area (TPSA) is 91.4 Å². The van der Waals surface area contributed by atoms with Gasteiger partial charge in [0.05, 0.1) is 11.6 Å². The van der Waals surface area contributed by atoms with Crippen molar-refractivity contribution in [1.82, 2.24) is 20.5 Å². The Morgan fingerprint density at radius 3 is 2.24 bits per heavy atom. The average molecular weight is 449 g/mol. The summed E-state index contributed by atoms with van der Waals surface area (Å²) in [6.45, 7) is 7.96. The van der Waals surface area contributed by atoms with Crippen LogP contribution in [0.3, 0.4) is 0 Å². The van der Waals surface area contributed by atoms with Crippen LogP contribution in [-0.2, 0) is 4.79 Å². The van der Waals surface area contributed by atoms with Crippen LogP contribution in [0, 0.1) is 6.92 Å². The van der Waals surface area contributed by atoms with Crippen LogP contribution in [0.1, 0.15) is 84.3 Å². The summed E-state index contributed by atoms with van der Waals surface area (Å²) >= 11 is 0. The van der Waals surface area contributed by atoms with Crippen molar-refractivity contribution in [3.05, 3.63) is 65.0 Å². The maximum atomic E-state index is 13.0. The number of hydrogen-bond donors (Lipinski definition) is 2. The molecule has 4 rings (SSSR count). The Kier molecular flexibility index (Phi) is 6.23. The molecule has 1 saturated carbocycles. The van der Waals surface area contributed by atoms with E-state index in [-0.39, 0.29) is 35.8 Å². The second kappa shape index (κ2) is 8.96. The summed E-state index contributed by atoms with van der Waals surface area (Å²) in [6, 6.07) is 9.46. The number of benzene rings is 1. The number of hydrogen-bond acceptors (Lipinski definition) is 4. The Bertz CT molecular complexity index is 1050. The smallest absolute Gasteiger partial charge is 0.254 e. The molecule has 0 spiro atoms. The monoisotopic (exact) mass is 448 g/mol. The molecule has 2 aromatic rings. The molecule has 174 valence electrons. The summed E-state index contributed by atoms with van der Waals surface area (Å²) < 4.78 is 0. The predicted octanol–water partition coefficient (Wildman–Crippen LogP) is 3.54. The highest BCUT2D eigenvalue weighted by Crippen LogP contribution is 2.36. The van der Waals surface area contributed by atoms with Crippen molar-refractivity contribution in [1.29, 1.82) is 0 Å². The molecule has 2 fully saturated rings. The van der Waals surface area contributed by atoms with Gasteiger partial charge < -0.3 is 15.5 Å². The molecule has 0 radical (unpaired) electrons. The molecule has 2 N–H and O–H groups in total. The first-order valence-electron chi connectivity index (χ1n) is 11.7. The number of nitrogens with zero attached hydrogens (tertiary/aromatic N) is 2. The van der Waals surface area contributed by atoms with E-state index in [0.717, 1.165) is 24.0 Å². The number of aryl methyl sites for hydroxylation is 1. The number of aromatic nitrogens is 1. The zero-order valence-corrected chi connectivity index (χ0v) is 19.7. The van der Waals surface area contributed by atoms with Gasteiger partial charge in [-0.05, 0) is 82.7 Å². The first-order chi connectivity index (χ1) is 15.7. The Hall–Kier alpha value is -3.22. The SMILES string of the molecule is Cc1cncc(C(=O)NC2(C(=O)N[C@H](C)c3ccc(C(=O)N4C(C)CCC4C)cc3)CC2)c1. The standard InChI is InChI=1S/C26H32N4O3/c1-16-13-22(15-27-14-16)23(31)29-26(11-12-26)25(33)28-19(4)20-7-9-21(10-8-20)24(32)30-17(2)5-6-18(30)3/h7-10,13-15,17-19H,5-6,11-12H2,1-4H3,(H,28,33)(H,29,31)/t17?,18?,19-/m1/s1. The van der Waals surface area contributed by atoms with Crippen LogP contribution in [0.4, 0.5) is 0 Å². The van der Waals surface area contributed by atoms with Gasteiger partial charge in [0.25, 0.3) is 11.8 Å². The van der Waals surface area contributed by atoms with Crippen molar-refractivity contribution < 1.29 is 14.4 Å². The molecule has 3 atom stereocenters. The normalized spacial score (nSPS) is 21.9. The van der Waals surface area contributed by atoms with E-state index in [2.05, 4.69) is 29.5 Å². The fourth-order valence-corrected chi connectivity index (χ4v) is 4.58. The average Bonchev–Trinajstić information content (AvgIpc) is 3.50. The van der Waals surface area contributed by atoms with Gasteiger partial charge in [-0.3, -0.25) is 19.4 Å². The van der Waals surface area contributed by atoms with E-state index < -0.39 is 5.54 Å². The molecule has 2 aliphatic rings. The maximum Gasteiger partial charge on any atom is 0.254 e. The Labute approximate surface area is 195 Å². The predicted molar refractivity (Wildman–Crippen MR) is 126 cm³/mol. The van der Waals surface area contributed by atoms with E-state index in [1.807, 2.05) is 43.0 Å². The van der Waals surface area contributed by atoms with Gasteiger partial charge in [-0.1, -0.05) is 12.1 Å². The molecule has 1 saturated heterocycles. The van der Waals surface area contributed by atoms with E-state index in [1.54, 1.807) is 12.3 Å². The van der Waals surface area contributed by atoms with E-state index >= 15 is 0 Å². The third kappa shape index (κ3) is 4.77. The van der Waals surface area contributed by atoms with E-state index in [4.69, 9.17) is 0 Å². The Balaban J connectivity index is 1.37. The highest BCUT2D eigenvalue weighted by Gasteiger charge is 2.51. The van der Waals surface area contributed by atoms with Crippen molar-refractivity contribution in [2.75, 3.05) is 0 Å². The van der Waals surface area contributed by atoms with Gasteiger partial charge in [0.2, 0.25) is 5.91 Å². The number of carbonyl (C=O) groups excluding carboxylic acids is 3. The molecule has 7 nitrogen and oxygen atoms in total. The minimum atomic E-state index is -0.868. The van der Waals surface area contributed by atoms with Crippen LogP contribution in [-0.4, -0.2) is 45.2 Å². The first kappa shape index (κ1) is 23.0. The van der Waals surface area contributed by atoms with Crippen molar-refractivity contribution in [2.24, 2.45) is 0 Å². The number of rotatable bonds is 6. The Morgan fingerprint density at radius 1 is 1.03 bits per heavy atom. The minimum absolute atomic E-state index is 0.0565. The highest BCUT2D eigenvalue weighted by atomic mass is 16.2. The largest absolute Gasteiger partial charge is 0.348 e. The molecule has 0 bridgehead atoms. The minimum Gasteiger partial charge on any atom is -0.348 e. The summed E-state index contributed by atoms with van der Waals surface area (Å²) in [4.78, 5) is 44.5. The highest BCUT2D eigenvalue weighted by molar-refractivity contribution is 6.00. The summed E-state index contributed by atoms with van der Waals surface area (Å²) in [5.41, 5.74) is 2.04. The van der Waals surface area contributed by atoms with E-state index in [9.17, 15) is 14.4 Å². The summed E-state index contributed by atoms with van der Waals surface area (Å²) in [5, 5.41) is 5.91. The van der Waals surface area contributed by atoms with Gasteiger partial charge in [0.1, 0.15) is 5.54 Å². The summed E-state index contributed by atoms with van der Waals surface area (Å²) in [6.07, 6.45) is 6.47. The Morgan fingerprint density at radius 2 is 1.67 bits per heavy atom. The van der Waals surface area contributed by atoms with Crippen LogP contribution in [0.25, 0.3) is 0 Å². The van der Waals surface area contributed by atoms with Crippen LogP contribution in [0.5, 0.6) is 0 Å². The first-order valence-corrected chi connectivity index (χ1v) is 11.7. The molecule has 1 aliphatic carbocycles. The lowest BCUT2D eigenvalue weighted by atomic mass is 10.0. The second-order valence-electron chi connectivity index (χ2n) is 9.59. The van der Waals surface area contributed by atoms with Gasteiger partial charge >= 0.3 is 0 Å². The van der Waals surface area contributed by atoms with Gasteiger partial charge in [-0.25, -0.2) is 0 Å². The number of pyridine rings is 1. The molecule has 33 heavy (non-hydrogen) atoms. The van der Waals surface area contributed by atoms with Crippen molar-refractivity contribution >= 4 is 17.7 Å². The zero-order chi connectivity index (χ0) is 23.8. The molecule has 1 aromatic carbocycles. The fourth-order valence-electron chi connectivity index (χ4n) is 4.58. The van der Waals surface area contributed by atoms with Crippen LogP contribution in [0.15, 0.2) is 42.7 Å². The molecule has 3 amide bonds. The molecule has 2 heterocycles. The third-order valence-corrected chi connectivity index (χ3v) is 6.87. The molecular formula is C26H32N4O3. The lowest BCUT2D eigenvalue weighted by molar-refractivity contribution is -0.124. The zero-order valence-electron chi connectivity index (χ0n) is 19.7. The number of amides is 3. The van der Waals surface area contributed by atoms with Crippen LogP contribution < -0.4 is 10.6 Å². The van der Waals surface area contributed by atoms with Crippen LogP contribution >= 0.6 is 0 Å². The van der Waals surface area contributed by atoms with E-state index in [0.29, 0.717) is 24.0 Å². The van der Waals surface area contributed by atoms with Crippen molar-refractivity contribution in [2.45, 2.75) is 77.0 Å². The lowest BCUT2D eigenvalue weighted by Crippen LogP contribution is -2.49. The molecular weight excluding hydrogens is 416 g/mol. The molecule has 1 aromatic heterocycles. The van der Waals surface area contributed by atoms with E-state index in [1.165, 1.54) is 6.20 Å². The van der Waals surface area contributed by atoms with Crippen molar-refractivity contribution in [3.63, 3.8) is 0 Å². The maximum absolute atomic E-state index is 13.0. The quantitative estimate of drug-likeness (QED) is 0.707. The number of likely N-dealkylation sites (tertiary alicyclic amines) is 1. The van der Waals surface area contributed by atoms with Gasteiger partial charge in [0, 0.05) is 30.0 Å². The molecule has 7 heteroatoms. The van der Waals surface area contributed by atoms with Gasteiger partial charge in [0.15, 0.2) is 0 Å². The molecule has 2 unspecified atom stereocenters. The van der Waals surface area contributed by atoms with Gasteiger partial charge in [-0.2, -0.15) is 0 Å². The fraction of sp³-hybridized carbons (Fsp3) is 0.462. The summed E-state index contributed by atoms with van der Waals surface area (Å²) in [7, 11) is 0. The lowest BCUT2D eigenvalue weighted by Gasteiger charge is -2.26. The van der Waals surface area contributed by atoms with Crippen LogP contribution in [0.2, 0.25) is 0 Å². The molecule has 1 aliphatic heterocycles. The van der Waals surface area contributed by atoms with Crippen molar-refractivity contribution in [3.8, 4) is 0 Å². The number of carbonyl (C=O) groups is 3. The van der Waals surface area contributed by atoms with Gasteiger partial charge in [-0.15, -0.1) is 0 Å².